The molecule has 1 amide bonds. The number of aromatic nitrogens is 2. The zero-order chi connectivity index (χ0) is 20.1. The second-order valence-electron chi connectivity index (χ2n) is 5.79. The predicted octanol–water partition coefficient (Wildman–Crippen LogP) is 4.76. The number of hydrogen-bond donors (Lipinski definition) is 2. The number of aromatic amines is 1. The molecule has 0 radical (unpaired) electrons. The molecule has 1 aromatic heterocycles. The van der Waals surface area contributed by atoms with E-state index in [9.17, 15) is 22.4 Å². The van der Waals surface area contributed by atoms with Gasteiger partial charge in [0.2, 0.25) is 0 Å². The van der Waals surface area contributed by atoms with Crippen LogP contribution >= 0.6 is 11.8 Å². The summed E-state index contributed by atoms with van der Waals surface area (Å²) in [6.45, 7) is 0.317. The first-order valence-electron chi connectivity index (χ1n) is 8.22. The van der Waals surface area contributed by atoms with Crippen molar-refractivity contribution in [1.29, 1.82) is 0 Å². The highest BCUT2D eigenvalue weighted by atomic mass is 32.2. The molecule has 1 heterocycles. The van der Waals surface area contributed by atoms with Crippen molar-refractivity contribution in [3.05, 3.63) is 71.7 Å². The van der Waals surface area contributed by atoms with Gasteiger partial charge in [0.05, 0.1) is 17.5 Å². The monoisotopic (exact) mass is 409 g/mol. The van der Waals surface area contributed by atoms with Crippen molar-refractivity contribution in [2.45, 2.75) is 11.3 Å². The summed E-state index contributed by atoms with van der Waals surface area (Å²) >= 11 is 1.38. The second kappa shape index (κ2) is 8.47. The Hall–Kier alpha value is -2.81. The van der Waals surface area contributed by atoms with Gasteiger partial charge in [-0.2, -0.15) is 13.2 Å². The number of halogens is 4. The van der Waals surface area contributed by atoms with Crippen LogP contribution in [0.5, 0.6) is 0 Å². The standard InChI is InChI=1S/C19H15F4N3OS/c20-15-7-3-12(4-8-15)16-11-25-18(26-16)28-10-9-24-17(27)13-1-5-14(6-2-13)19(21,22)23/h1-8,11H,9-10H2,(H,24,27)(H,25,26). The molecule has 0 spiro atoms. The fourth-order valence-electron chi connectivity index (χ4n) is 2.38. The smallest absolute Gasteiger partial charge is 0.351 e. The Bertz CT molecular complexity index is 937. The first kappa shape index (κ1) is 19.9. The first-order valence-corrected chi connectivity index (χ1v) is 9.21. The highest BCUT2D eigenvalue weighted by Crippen LogP contribution is 2.29. The number of nitrogens with one attached hydrogen (secondary N) is 2. The van der Waals surface area contributed by atoms with Crippen molar-refractivity contribution in [3.8, 4) is 11.3 Å². The molecule has 0 fully saturated rings. The number of rotatable bonds is 6. The first-order chi connectivity index (χ1) is 13.3. The summed E-state index contributed by atoms with van der Waals surface area (Å²) in [6, 6.07) is 10.1. The Morgan fingerprint density at radius 2 is 1.75 bits per heavy atom. The van der Waals surface area contributed by atoms with Gasteiger partial charge >= 0.3 is 6.18 Å². The van der Waals surface area contributed by atoms with E-state index in [2.05, 4.69) is 15.3 Å². The Kier molecular flexibility index (Phi) is 6.03. The third-order valence-corrected chi connectivity index (χ3v) is 4.70. The van der Waals surface area contributed by atoms with Crippen molar-refractivity contribution < 1.29 is 22.4 Å². The molecule has 146 valence electrons. The van der Waals surface area contributed by atoms with Gasteiger partial charge in [0.25, 0.3) is 5.91 Å². The summed E-state index contributed by atoms with van der Waals surface area (Å²) in [7, 11) is 0. The number of amides is 1. The molecule has 3 rings (SSSR count). The van der Waals surface area contributed by atoms with Crippen molar-refractivity contribution in [2.75, 3.05) is 12.3 Å². The molecule has 0 saturated heterocycles. The average molecular weight is 409 g/mol. The van der Waals surface area contributed by atoms with Gasteiger partial charge in [-0.15, -0.1) is 0 Å². The van der Waals surface area contributed by atoms with Crippen LogP contribution in [0.4, 0.5) is 17.6 Å². The second-order valence-corrected chi connectivity index (χ2v) is 6.87. The summed E-state index contributed by atoms with van der Waals surface area (Å²) in [4.78, 5) is 19.3. The van der Waals surface area contributed by atoms with Crippen molar-refractivity contribution in [1.82, 2.24) is 15.3 Å². The third-order valence-electron chi connectivity index (χ3n) is 3.81. The molecule has 28 heavy (non-hydrogen) atoms. The lowest BCUT2D eigenvalue weighted by Gasteiger charge is -2.08. The molecule has 0 aliphatic carbocycles. The normalized spacial score (nSPS) is 11.4. The number of alkyl halides is 3. The fraction of sp³-hybridized carbons (Fsp3) is 0.158. The molecule has 9 heteroatoms. The zero-order valence-corrected chi connectivity index (χ0v) is 15.2. The molecular weight excluding hydrogens is 394 g/mol. The van der Waals surface area contributed by atoms with Crippen molar-refractivity contribution >= 4 is 17.7 Å². The molecular formula is C19H15F4N3OS. The molecule has 0 saturated carbocycles. The van der Waals surface area contributed by atoms with Gasteiger partial charge in [-0.05, 0) is 54.1 Å². The highest BCUT2D eigenvalue weighted by Gasteiger charge is 2.30. The van der Waals surface area contributed by atoms with Gasteiger partial charge in [0, 0.05) is 17.9 Å². The molecule has 2 N–H and O–H groups in total. The number of carbonyl (C=O) groups excluding carboxylic acids is 1. The summed E-state index contributed by atoms with van der Waals surface area (Å²) < 4.78 is 50.5. The Labute approximate surface area is 162 Å². The molecule has 0 atom stereocenters. The van der Waals surface area contributed by atoms with Crippen LogP contribution in [0.2, 0.25) is 0 Å². The SMILES string of the molecule is O=C(NCCSc1ncc(-c2ccc(F)cc2)[nH]1)c1ccc(C(F)(F)F)cc1. The predicted molar refractivity (Wildman–Crippen MR) is 98.5 cm³/mol. The van der Waals surface area contributed by atoms with E-state index >= 15 is 0 Å². The van der Waals surface area contributed by atoms with Crippen LogP contribution in [0.3, 0.4) is 0 Å². The summed E-state index contributed by atoms with van der Waals surface area (Å²) in [6.07, 6.45) is -2.79. The maximum atomic E-state index is 13.0. The minimum absolute atomic E-state index is 0.162. The van der Waals surface area contributed by atoms with Crippen LogP contribution in [0, 0.1) is 5.82 Å². The van der Waals surface area contributed by atoms with Gasteiger partial charge < -0.3 is 10.3 Å². The number of benzene rings is 2. The minimum atomic E-state index is -4.43. The van der Waals surface area contributed by atoms with Crippen LogP contribution in [0.25, 0.3) is 11.3 Å². The van der Waals surface area contributed by atoms with Crippen molar-refractivity contribution in [3.63, 3.8) is 0 Å². The molecule has 0 aliphatic rings. The molecule has 0 unspecified atom stereocenters. The van der Waals surface area contributed by atoms with Gasteiger partial charge in [0.1, 0.15) is 5.82 Å². The van der Waals surface area contributed by atoms with E-state index in [1.165, 1.54) is 23.9 Å². The van der Waals surface area contributed by atoms with Crippen LogP contribution in [0.15, 0.2) is 59.9 Å². The van der Waals surface area contributed by atoms with E-state index in [0.29, 0.717) is 17.5 Å². The Morgan fingerprint density at radius 3 is 2.39 bits per heavy atom. The Morgan fingerprint density at radius 1 is 1.07 bits per heavy atom. The van der Waals surface area contributed by atoms with E-state index in [0.717, 1.165) is 35.5 Å². The average Bonchev–Trinajstić information content (AvgIpc) is 3.14. The maximum Gasteiger partial charge on any atom is 0.416 e. The lowest BCUT2D eigenvalue weighted by atomic mass is 10.1. The Balaban J connectivity index is 1.47. The number of nitrogens with zero attached hydrogens (tertiary/aromatic N) is 1. The van der Waals surface area contributed by atoms with E-state index in [-0.39, 0.29) is 11.4 Å². The summed E-state index contributed by atoms with van der Waals surface area (Å²) in [5.41, 5.74) is 0.914. The maximum absolute atomic E-state index is 13.0. The number of imidazole rings is 1. The van der Waals surface area contributed by atoms with E-state index in [4.69, 9.17) is 0 Å². The quantitative estimate of drug-likeness (QED) is 0.351. The summed E-state index contributed by atoms with van der Waals surface area (Å²) in [5, 5.41) is 3.29. The van der Waals surface area contributed by atoms with Crippen LogP contribution < -0.4 is 5.32 Å². The lowest BCUT2D eigenvalue weighted by molar-refractivity contribution is -0.137. The van der Waals surface area contributed by atoms with Gasteiger partial charge in [-0.1, -0.05) is 11.8 Å². The lowest BCUT2D eigenvalue weighted by Crippen LogP contribution is -2.25. The fourth-order valence-corrected chi connectivity index (χ4v) is 3.08. The minimum Gasteiger partial charge on any atom is -0.351 e. The van der Waals surface area contributed by atoms with Crippen LogP contribution in [-0.2, 0) is 6.18 Å². The summed E-state index contributed by atoms with van der Waals surface area (Å²) in [5.74, 6) is -0.245. The van der Waals surface area contributed by atoms with Gasteiger partial charge in [0.15, 0.2) is 5.16 Å². The molecule has 0 aliphatic heterocycles. The van der Waals surface area contributed by atoms with Crippen molar-refractivity contribution in [2.24, 2.45) is 0 Å². The van der Waals surface area contributed by atoms with Gasteiger partial charge in [-0.25, -0.2) is 9.37 Å². The number of carbonyl (C=O) groups is 1. The molecule has 3 aromatic rings. The highest BCUT2D eigenvalue weighted by molar-refractivity contribution is 7.99. The van der Waals surface area contributed by atoms with Crippen LogP contribution in [-0.4, -0.2) is 28.2 Å². The number of thioether (sulfide) groups is 1. The molecule has 0 bridgehead atoms. The van der Waals surface area contributed by atoms with E-state index in [1.54, 1.807) is 18.3 Å². The van der Waals surface area contributed by atoms with E-state index < -0.39 is 17.6 Å². The largest absolute Gasteiger partial charge is 0.416 e. The molecule has 4 nitrogen and oxygen atoms in total. The molecule has 2 aromatic carbocycles. The third kappa shape index (κ3) is 5.13. The van der Waals surface area contributed by atoms with Gasteiger partial charge in [-0.3, -0.25) is 4.79 Å². The number of H-pyrrole nitrogens is 1. The van der Waals surface area contributed by atoms with Crippen LogP contribution in [0.1, 0.15) is 15.9 Å². The topological polar surface area (TPSA) is 57.8 Å². The van der Waals surface area contributed by atoms with E-state index in [1.807, 2.05) is 0 Å². The zero-order valence-electron chi connectivity index (χ0n) is 14.4. The number of hydrogen-bond acceptors (Lipinski definition) is 3.